The fraction of sp³-hybridized carbons (Fsp3) is 0.409. The van der Waals surface area contributed by atoms with Gasteiger partial charge < -0.3 is 5.32 Å². The third-order valence-electron chi connectivity index (χ3n) is 5.49. The molecule has 1 aromatic carbocycles. The van der Waals surface area contributed by atoms with Crippen LogP contribution in [0.4, 0.5) is 0 Å². The van der Waals surface area contributed by atoms with Gasteiger partial charge in [-0.1, -0.05) is 24.6 Å². The molecule has 0 fully saturated rings. The Kier molecular flexibility index (Phi) is 6.13. The number of carbonyl (C=O) groups is 1. The summed E-state index contributed by atoms with van der Waals surface area (Å²) in [5.74, 6) is -0.0635. The van der Waals surface area contributed by atoms with Crippen molar-refractivity contribution in [3.8, 4) is 5.69 Å². The highest BCUT2D eigenvalue weighted by atomic mass is 35.5. The fourth-order valence-corrected chi connectivity index (χ4v) is 3.60. The first-order chi connectivity index (χ1) is 13.7. The van der Waals surface area contributed by atoms with Crippen LogP contribution in [0.15, 0.2) is 29.3 Å². The molecule has 0 bridgehead atoms. The first-order valence-corrected chi connectivity index (χ1v) is 10.2. The minimum Gasteiger partial charge on any atom is -0.354 e. The molecule has 0 aliphatic heterocycles. The topological polar surface area (TPSA) is 68.9 Å². The van der Waals surface area contributed by atoms with E-state index >= 15 is 0 Å². The smallest absolute Gasteiger partial charge is 0.263 e. The van der Waals surface area contributed by atoms with Crippen LogP contribution in [-0.4, -0.2) is 26.1 Å². The zero-order chi connectivity index (χ0) is 21.3. The zero-order valence-electron chi connectivity index (χ0n) is 17.5. The molecule has 2 heterocycles. The van der Waals surface area contributed by atoms with E-state index in [1.807, 2.05) is 57.4 Å². The Morgan fingerprint density at radius 1 is 1.28 bits per heavy atom. The molecule has 0 aliphatic carbocycles. The normalized spacial score (nSPS) is 12.3. The molecule has 0 saturated heterocycles. The van der Waals surface area contributed by atoms with Crippen molar-refractivity contribution in [2.24, 2.45) is 0 Å². The second-order valence-electron chi connectivity index (χ2n) is 7.55. The van der Waals surface area contributed by atoms with Gasteiger partial charge >= 0.3 is 0 Å². The molecule has 6 nitrogen and oxygen atoms in total. The molecule has 0 saturated carbocycles. The maximum absolute atomic E-state index is 13.1. The van der Waals surface area contributed by atoms with E-state index in [9.17, 15) is 9.59 Å². The van der Waals surface area contributed by atoms with Crippen LogP contribution in [-0.2, 0) is 11.3 Å². The molecule has 3 aromatic rings. The Bertz CT molecular complexity index is 1130. The summed E-state index contributed by atoms with van der Waals surface area (Å²) in [4.78, 5) is 29.8. The highest BCUT2D eigenvalue weighted by Crippen LogP contribution is 2.28. The Morgan fingerprint density at radius 3 is 2.69 bits per heavy atom. The van der Waals surface area contributed by atoms with E-state index in [2.05, 4.69) is 10.3 Å². The molecule has 0 radical (unpaired) electrons. The van der Waals surface area contributed by atoms with Gasteiger partial charge in [0.25, 0.3) is 5.56 Å². The highest BCUT2D eigenvalue weighted by Gasteiger charge is 2.19. The molecule has 154 valence electrons. The molecular formula is C22H27ClN4O2. The van der Waals surface area contributed by atoms with Crippen LogP contribution >= 0.6 is 11.6 Å². The minimum absolute atomic E-state index is 0.0635. The highest BCUT2D eigenvalue weighted by molar-refractivity contribution is 6.30. The van der Waals surface area contributed by atoms with Crippen molar-refractivity contribution in [3.63, 3.8) is 0 Å². The van der Waals surface area contributed by atoms with E-state index in [-0.39, 0.29) is 23.9 Å². The van der Waals surface area contributed by atoms with E-state index in [0.29, 0.717) is 22.6 Å². The predicted molar refractivity (Wildman–Crippen MR) is 117 cm³/mol. The van der Waals surface area contributed by atoms with Gasteiger partial charge in [-0.05, 0) is 57.4 Å². The third kappa shape index (κ3) is 4.08. The van der Waals surface area contributed by atoms with Crippen LogP contribution in [0.1, 0.15) is 43.5 Å². The molecule has 1 N–H and O–H groups in total. The van der Waals surface area contributed by atoms with Gasteiger partial charge in [-0.25, -0.2) is 4.98 Å². The van der Waals surface area contributed by atoms with Crippen LogP contribution in [0.2, 0.25) is 5.02 Å². The van der Waals surface area contributed by atoms with E-state index < -0.39 is 0 Å². The van der Waals surface area contributed by atoms with Crippen molar-refractivity contribution in [2.45, 2.75) is 60.0 Å². The maximum Gasteiger partial charge on any atom is 0.263 e. The standard InChI is InChI=1S/C22H27ClN4O2/c1-6-14(3)25-19(28)9-10-26-12-24-21-20(22(26)29)15(4)16(5)27(21)18-11-17(23)8-7-13(18)2/h7-8,11-12,14H,6,9-10H2,1-5H3,(H,25,28). The van der Waals surface area contributed by atoms with E-state index in [4.69, 9.17) is 11.6 Å². The molecule has 1 amide bonds. The number of carbonyl (C=O) groups excluding carboxylic acids is 1. The number of rotatable bonds is 6. The van der Waals surface area contributed by atoms with Gasteiger partial charge in [-0.2, -0.15) is 0 Å². The number of halogens is 1. The average Bonchev–Trinajstić information content (AvgIpc) is 2.94. The summed E-state index contributed by atoms with van der Waals surface area (Å²) in [5, 5.41) is 4.13. The van der Waals surface area contributed by atoms with Crippen molar-refractivity contribution in [1.29, 1.82) is 0 Å². The lowest BCUT2D eigenvalue weighted by Gasteiger charge is -2.13. The van der Waals surface area contributed by atoms with Gasteiger partial charge in [0, 0.05) is 29.7 Å². The van der Waals surface area contributed by atoms with E-state index in [1.165, 1.54) is 10.9 Å². The van der Waals surface area contributed by atoms with Crippen LogP contribution in [0.25, 0.3) is 16.7 Å². The number of nitrogens with one attached hydrogen (secondary N) is 1. The number of aromatic nitrogens is 3. The molecular weight excluding hydrogens is 388 g/mol. The van der Waals surface area contributed by atoms with E-state index in [1.54, 1.807) is 0 Å². The lowest BCUT2D eigenvalue weighted by atomic mass is 10.2. The second kappa shape index (κ2) is 8.41. The van der Waals surface area contributed by atoms with Gasteiger partial charge in [0.2, 0.25) is 5.91 Å². The summed E-state index contributed by atoms with van der Waals surface area (Å²) < 4.78 is 3.49. The predicted octanol–water partition coefficient (Wildman–Crippen LogP) is 4.07. The summed E-state index contributed by atoms with van der Waals surface area (Å²) >= 11 is 6.21. The Hall–Kier alpha value is -2.60. The Balaban J connectivity index is 2.02. The number of amides is 1. The summed E-state index contributed by atoms with van der Waals surface area (Å²) in [7, 11) is 0. The van der Waals surface area contributed by atoms with Gasteiger partial charge in [0.1, 0.15) is 0 Å². The fourth-order valence-electron chi connectivity index (χ4n) is 3.43. The largest absolute Gasteiger partial charge is 0.354 e. The van der Waals surface area contributed by atoms with Crippen molar-refractivity contribution >= 4 is 28.5 Å². The molecule has 3 rings (SSSR count). The first kappa shape index (κ1) is 21.1. The molecule has 1 unspecified atom stereocenters. The number of hydrogen-bond acceptors (Lipinski definition) is 3. The lowest BCUT2D eigenvalue weighted by Crippen LogP contribution is -2.33. The van der Waals surface area contributed by atoms with Crippen molar-refractivity contribution in [3.05, 3.63) is 56.7 Å². The van der Waals surface area contributed by atoms with Gasteiger partial charge in [0.05, 0.1) is 17.4 Å². The third-order valence-corrected chi connectivity index (χ3v) is 5.73. The SMILES string of the molecule is CCC(C)NC(=O)CCn1cnc2c(c(C)c(C)n2-c2cc(Cl)ccc2C)c1=O. The van der Waals surface area contributed by atoms with Crippen LogP contribution in [0.5, 0.6) is 0 Å². The molecule has 0 spiro atoms. The summed E-state index contributed by atoms with van der Waals surface area (Å²) in [6, 6.07) is 5.81. The Labute approximate surface area is 175 Å². The first-order valence-electron chi connectivity index (χ1n) is 9.87. The molecule has 0 aliphatic rings. The molecule has 7 heteroatoms. The number of benzene rings is 1. The van der Waals surface area contributed by atoms with E-state index in [0.717, 1.165) is 28.9 Å². The van der Waals surface area contributed by atoms with Gasteiger partial charge in [-0.15, -0.1) is 0 Å². The van der Waals surface area contributed by atoms with Gasteiger partial charge in [-0.3, -0.25) is 18.7 Å². The van der Waals surface area contributed by atoms with Crippen LogP contribution in [0, 0.1) is 20.8 Å². The zero-order valence-corrected chi connectivity index (χ0v) is 18.3. The molecule has 2 aromatic heterocycles. The summed E-state index contributed by atoms with van der Waals surface area (Å²) in [6.45, 7) is 10.2. The van der Waals surface area contributed by atoms with Crippen molar-refractivity contribution in [1.82, 2.24) is 19.4 Å². The Morgan fingerprint density at radius 2 is 2.00 bits per heavy atom. The quantitative estimate of drug-likeness (QED) is 0.661. The van der Waals surface area contributed by atoms with Gasteiger partial charge in [0.15, 0.2) is 5.65 Å². The van der Waals surface area contributed by atoms with Crippen LogP contribution in [0.3, 0.4) is 0 Å². The average molecular weight is 415 g/mol. The van der Waals surface area contributed by atoms with Crippen molar-refractivity contribution < 1.29 is 4.79 Å². The van der Waals surface area contributed by atoms with Crippen molar-refractivity contribution in [2.75, 3.05) is 0 Å². The number of nitrogens with zero attached hydrogens (tertiary/aromatic N) is 3. The monoisotopic (exact) mass is 414 g/mol. The maximum atomic E-state index is 13.1. The lowest BCUT2D eigenvalue weighted by molar-refractivity contribution is -0.121. The number of aryl methyl sites for hydroxylation is 3. The number of fused-ring (bicyclic) bond motifs is 1. The molecule has 1 atom stereocenters. The summed E-state index contributed by atoms with van der Waals surface area (Å²) in [5.41, 5.74) is 4.26. The summed E-state index contributed by atoms with van der Waals surface area (Å²) in [6.07, 6.45) is 2.63. The number of hydrogen-bond donors (Lipinski definition) is 1. The second-order valence-corrected chi connectivity index (χ2v) is 7.98. The minimum atomic E-state index is -0.134. The molecule has 29 heavy (non-hydrogen) atoms. The van der Waals surface area contributed by atoms with Crippen LogP contribution < -0.4 is 10.9 Å².